The number of nitrogens with one attached hydrogen (secondary N) is 1. The lowest BCUT2D eigenvalue weighted by molar-refractivity contribution is -0.127. The van der Waals surface area contributed by atoms with Crippen LogP contribution in [-0.4, -0.2) is 34.1 Å². The Morgan fingerprint density at radius 3 is 2.68 bits per heavy atom. The zero-order valence-electron chi connectivity index (χ0n) is 17.6. The van der Waals surface area contributed by atoms with E-state index in [2.05, 4.69) is 11.3 Å². The molecule has 31 heavy (non-hydrogen) atoms. The molecule has 1 heterocycles. The van der Waals surface area contributed by atoms with Crippen molar-refractivity contribution in [3.63, 3.8) is 0 Å². The Kier molecular flexibility index (Phi) is 6.26. The maximum Gasteiger partial charge on any atom is 0.262 e. The molecule has 1 amide bonds. The van der Waals surface area contributed by atoms with Crippen molar-refractivity contribution >= 4 is 27.3 Å². The van der Waals surface area contributed by atoms with Gasteiger partial charge in [0.2, 0.25) is 5.91 Å². The molecule has 9 heteroatoms. The van der Waals surface area contributed by atoms with Crippen LogP contribution in [0.3, 0.4) is 0 Å². The fraction of sp³-hybridized carbons (Fsp3) is 0.318. The van der Waals surface area contributed by atoms with Gasteiger partial charge < -0.3 is 14.4 Å². The predicted octanol–water partition coefficient (Wildman–Crippen LogP) is 3.96. The molecule has 166 valence electrons. The van der Waals surface area contributed by atoms with Crippen LogP contribution in [0.1, 0.15) is 20.8 Å². The van der Waals surface area contributed by atoms with Crippen LogP contribution in [0.15, 0.2) is 53.9 Å². The molecule has 0 aliphatic carbocycles. The number of ether oxygens (including phenoxy) is 2. The first-order valence-electron chi connectivity index (χ1n) is 9.74. The number of carbonyl (C=O) groups is 1. The largest absolute Gasteiger partial charge is 0.491 e. The average molecular weight is 449 g/mol. The number of sulfonamides is 1. The predicted molar refractivity (Wildman–Crippen MR) is 117 cm³/mol. The number of halogens is 1. The van der Waals surface area contributed by atoms with E-state index in [9.17, 15) is 17.6 Å². The van der Waals surface area contributed by atoms with Crippen LogP contribution in [0.2, 0.25) is 0 Å². The van der Waals surface area contributed by atoms with Crippen LogP contribution in [0.25, 0.3) is 0 Å². The van der Waals surface area contributed by atoms with E-state index in [1.165, 1.54) is 24.3 Å². The zero-order chi connectivity index (χ0) is 22.8. The van der Waals surface area contributed by atoms with E-state index in [1.54, 1.807) is 37.8 Å². The lowest BCUT2D eigenvalue weighted by atomic mass is 9.93. The smallest absolute Gasteiger partial charge is 0.262 e. The normalized spacial score (nSPS) is 15.5. The van der Waals surface area contributed by atoms with E-state index in [-0.39, 0.29) is 42.0 Å². The third-order valence-electron chi connectivity index (χ3n) is 4.74. The minimum Gasteiger partial charge on any atom is -0.491 e. The summed E-state index contributed by atoms with van der Waals surface area (Å²) in [7, 11) is -4.06. The van der Waals surface area contributed by atoms with E-state index in [4.69, 9.17) is 9.47 Å². The molecule has 0 saturated heterocycles. The van der Waals surface area contributed by atoms with Gasteiger partial charge in [0, 0.05) is 12.6 Å². The molecule has 1 aliphatic heterocycles. The molecule has 0 atom stereocenters. The van der Waals surface area contributed by atoms with Gasteiger partial charge >= 0.3 is 0 Å². The summed E-state index contributed by atoms with van der Waals surface area (Å²) in [6.07, 6.45) is 1.61. The molecule has 2 aromatic rings. The highest BCUT2D eigenvalue weighted by Gasteiger charge is 2.37. The van der Waals surface area contributed by atoms with Gasteiger partial charge in [-0.05, 0) is 51.1 Å². The third-order valence-corrected chi connectivity index (χ3v) is 6.12. The minimum absolute atomic E-state index is 0.0190. The van der Waals surface area contributed by atoms with Gasteiger partial charge in [0.25, 0.3) is 10.0 Å². The number of rotatable bonds is 7. The number of fused-ring (bicyclic) bond motifs is 1. The quantitative estimate of drug-likeness (QED) is 0.648. The van der Waals surface area contributed by atoms with Crippen LogP contribution < -0.4 is 19.1 Å². The molecule has 0 unspecified atom stereocenters. The van der Waals surface area contributed by atoms with Crippen LogP contribution in [0.4, 0.5) is 15.8 Å². The van der Waals surface area contributed by atoms with Crippen molar-refractivity contribution in [2.75, 3.05) is 29.4 Å². The second kappa shape index (κ2) is 8.58. The number of hydrogen-bond donors (Lipinski definition) is 1. The minimum atomic E-state index is -4.06. The summed E-state index contributed by atoms with van der Waals surface area (Å²) < 4.78 is 53.0. The average Bonchev–Trinajstić information content (AvgIpc) is 2.80. The monoisotopic (exact) mass is 448 g/mol. The maximum atomic E-state index is 14.1. The van der Waals surface area contributed by atoms with E-state index in [0.29, 0.717) is 11.4 Å². The van der Waals surface area contributed by atoms with E-state index in [0.717, 1.165) is 6.07 Å². The first-order valence-corrected chi connectivity index (χ1v) is 11.2. The van der Waals surface area contributed by atoms with Crippen LogP contribution in [-0.2, 0) is 14.8 Å². The SMILES string of the molecule is C=CCN1C(=O)C(C)(C)COc2cc(NS(=O)(=O)c3ccc(OCC)c(F)c3)ccc21. The Balaban J connectivity index is 1.92. The summed E-state index contributed by atoms with van der Waals surface area (Å²) in [5.74, 6) is -0.548. The topological polar surface area (TPSA) is 84.9 Å². The zero-order valence-corrected chi connectivity index (χ0v) is 18.5. The van der Waals surface area contributed by atoms with Gasteiger partial charge in [0.1, 0.15) is 12.4 Å². The Bertz CT molecular complexity index is 1110. The van der Waals surface area contributed by atoms with Gasteiger partial charge in [0.05, 0.1) is 28.3 Å². The fourth-order valence-corrected chi connectivity index (χ4v) is 4.22. The molecule has 0 radical (unpaired) electrons. The Morgan fingerprint density at radius 1 is 1.29 bits per heavy atom. The summed E-state index contributed by atoms with van der Waals surface area (Å²) in [6.45, 7) is 9.64. The number of nitrogens with zero attached hydrogens (tertiary/aromatic N) is 1. The fourth-order valence-electron chi connectivity index (χ4n) is 3.16. The molecule has 2 aromatic carbocycles. The lowest BCUT2D eigenvalue weighted by Crippen LogP contribution is -2.42. The van der Waals surface area contributed by atoms with Crippen molar-refractivity contribution < 1.29 is 27.1 Å². The van der Waals surface area contributed by atoms with Crippen molar-refractivity contribution in [1.29, 1.82) is 0 Å². The molecule has 7 nitrogen and oxygen atoms in total. The van der Waals surface area contributed by atoms with E-state index >= 15 is 0 Å². The van der Waals surface area contributed by atoms with Crippen molar-refractivity contribution in [2.24, 2.45) is 5.41 Å². The number of carbonyl (C=O) groups excluding carboxylic acids is 1. The van der Waals surface area contributed by atoms with Gasteiger partial charge in [-0.15, -0.1) is 6.58 Å². The molecule has 1 aliphatic rings. The summed E-state index contributed by atoms with van der Waals surface area (Å²) in [5, 5.41) is 0. The highest BCUT2D eigenvalue weighted by Crippen LogP contribution is 2.38. The molecule has 0 fully saturated rings. The summed E-state index contributed by atoms with van der Waals surface area (Å²) in [4.78, 5) is 14.2. The number of anilines is 2. The van der Waals surface area contributed by atoms with Gasteiger partial charge in [-0.25, -0.2) is 12.8 Å². The molecule has 3 rings (SSSR count). The molecule has 0 spiro atoms. The molecular weight excluding hydrogens is 423 g/mol. The summed E-state index contributed by atoms with van der Waals surface area (Å²) in [6, 6.07) is 8.07. The maximum absolute atomic E-state index is 14.1. The third kappa shape index (κ3) is 4.66. The first kappa shape index (κ1) is 22.6. The molecule has 0 saturated carbocycles. The van der Waals surface area contributed by atoms with E-state index < -0.39 is 21.3 Å². The molecule has 0 aromatic heterocycles. The van der Waals surface area contributed by atoms with Crippen LogP contribution in [0.5, 0.6) is 11.5 Å². The highest BCUT2D eigenvalue weighted by molar-refractivity contribution is 7.92. The Morgan fingerprint density at radius 2 is 2.03 bits per heavy atom. The van der Waals surface area contributed by atoms with Crippen molar-refractivity contribution in [3.05, 3.63) is 54.9 Å². The first-order chi connectivity index (χ1) is 14.6. The van der Waals surface area contributed by atoms with Crippen LogP contribution >= 0.6 is 0 Å². The van der Waals surface area contributed by atoms with Crippen molar-refractivity contribution in [2.45, 2.75) is 25.7 Å². The van der Waals surface area contributed by atoms with Crippen molar-refractivity contribution in [1.82, 2.24) is 0 Å². The van der Waals surface area contributed by atoms with Gasteiger partial charge in [-0.1, -0.05) is 6.08 Å². The van der Waals surface area contributed by atoms with Gasteiger partial charge in [0.15, 0.2) is 11.6 Å². The standard InChI is InChI=1S/C22H25FN2O5S/c1-5-11-25-18-9-7-15(12-20(18)30-14-22(3,4)21(25)26)24-31(27,28)16-8-10-19(29-6-2)17(23)13-16/h5,7-10,12-13,24H,1,6,11,14H2,2-4H3. The number of amides is 1. The second-order valence-electron chi connectivity index (χ2n) is 7.69. The number of hydrogen-bond acceptors (Lipinski definition) is 5. The molecular formula is C22H25FN2O5S. The molecule has 1 N–H and O–H groups in total. The summed E-state index contributed by atoms with van der Waals surface area (Å²) >= 11 is 0. The lowest BCUT2D eigenvalue weighted by Gasteiger charge is -2.27. The Labute approximate surface area is 181 Å². The number of benzene rings is 2. The van der Waals surface area contributed by atoms with Crippen molar-refractivity contribution in [3.8, 4) is 11.5 Å². The van der Waals surface area contributed by atoms with Crippen LogP contribution in [0, 0.1) is 11.2 Å². The Hall–Kier alpha value is -3.07. The van der Waals surface area contributed by atoms with Gasteiger partial charge in [-0.3, -0.25) is 9.52 Å². The summed E-state index contributed by atoms with van der Waals surface area (Å²) in [5.41, 5.74) is -0.0223. The van der Waals surface area contributed by atoms with E-state index in [1.807, 2.05) is 0 Å². The second-order valence-corrected chi connectivity index (χ2v) is 9.37. The van der Waals surface area contributed by atoms with Gasteiger partial charge in [-0.2, -0.15) is 0 Å². The highest BCUT2D eigenvalue weighted by atomic mass is 32.2. The molecule has 0 bridgehead atoms.